The first-order valence-corrected chi connectivity index (χ1v) is 5.67. The lowest BCUT2D eigenvalue weighted by atomic mass is 10.0. The molecule has 1 aromatic carbocycles. The third-order valence-corrected chi connectivity index (χ3v) is 3.23. The molecular weight excluding hydrogens is 184 g/mol. The van der Waals surface area contributed by atoms with Crippen molar-refractivity contribution in [1.82, 2.24) is 0 Å². The third-order valence-electron chi connectivity index (χ3n) is 3.23. The number of hydrogen-bond acceptors (Lipinski definition) is 1. The Balaban J connectivity index is 1.88. The smallest absolute Gasteiger partial charge is 0.0577 e. The molecule has 0 bridgehead atoms. The molecule has 0 amide bonds. The standard InChI is InChI=1S/C14H18O/c1-2-3-9-14(15)13-10-12(13)11-7-5-4-6-8-11/h2,4-8,12-15H,1,3,9-10H2. The first-order valence-electron chi connectivity index (χ1n) is 5.67. The van der Waals surface area contributed by atoms with Gasteiger partial charge in [-0.3, -0.25) is 0 Å². The van der Waals surface area contributed by atoms with E-state index in [0.29, 0.717) is 11.8 Å². The molecule has 1 heteroatoms. The molecule has 2 rings (SSSR count). The topological polar surface area (TPSA) is 20.2 Å². The van der Waals surface area contributed by atoms with E-state index in [4.69, 9.17) is 0 Å². The van der Waals surface area contributed by atoms with E-state index in [1.54, 1.807) is 0 Å². The van der Waals surface area contributed by atoms with Crippen LogP contribution in [0.3, 0.4) is 0 Å². The van der Waals surface area contributed by atoms with Crippen molar-refractivity contribution in [3.05, 3.63) is 48.6 Å². The highest BCUT2D eigenvalue weighted by atomic mass is 16.3. The molecule has 80 valence electrons. The number of allylic oxidation sites excluding steroid dienone is 1. The number of benzene rings is 1. The quantitative estimate of drug-likeness (QED) is 0.727. The van der Waals surface area contributed by atoms with E-state index in [2.05, 4.69) is 30.8 Å². The van der Waals surface area contributed by atoms with E-state index in [-0.39, 0.29) is 6.10 Å². The molecule has 1 aliphatic rings. The van der Waals surface area contributed by atoms with Crippen molar-refractivity contribution in [2.75, 3.05) is 0 Å². The molecule has 0 saturated heterocycles. The summed E-state index contributed by atoms with van der Waals surface area (Å²) in [5, 5.41) is 9.90. The van der Waals surface area contributed by atoms with E-state index < -0.39 is 0 Å². The van der Waals surface area contributed by atoms with Crippen molar-refractivity contribution < 1.29 is 5.11 Å². The first kappa shape index (κ1) is 10.4. The van der Waals surface area contributed by atoms with Crippen molar-refractivity contribution in [3.8, 4) is 0 Å². The van der Waals surface area contributed by atoms with Gasteiger partial charge in [-0.25, -0.2) is 0 Å². The lowest BCUT2D eigenvalue weighted by Crippen LogP contribution is -2.09. The predicted molar refractivity (Wildman–Crippen MR) is 62.7 cm³/mol. The molecule has 0 radical (unpaired) electrons. The minimum absolute atomic E-state index is 0.145. The molecule has 3 atom stereocenters. The maximum Gasteiger partial charge on any atom is 0.0577 e. The average Bonchev–Trinajstić information content (AvgIpc) is 3.07. The second-order valence-corrected chi connectivity index (χ2v) is 4.35. The number of hydrogen-bond donors (Lipinski definition) is 1. The van der Waals surface area contributed by atoms with Gasteiger partial charge < -0.3 is 5.11 Å². The summed E-state index contributed by atoms with van der Waals surface area (Å²) in [4.78, 5) is 0. The van der Waals surface area contributed by atoms with Crippen molar-refractivity contribution in [2.24, 2.45) is 5.92 Å². The van der Waals surface area contributed by atoms with E-state index in [0.717, 1.165) is 19.3 Å². The predicted octanol–water partition coefficient (Wildman–Crippen LogP) is 3.12. The highest BCUT2D eigenvalue weighted by Crippen LogP contribution is 2.50. The van der Waals surface area contributed by atoms with Gasteiger partial charge in [0.2, 0.25) is 0 Å². The van der Waals surface area contributed by atoms with Gasteiger partial charge >= 0.3 is 0 Å². The second kappa shape index (κ2) is 4.63. The Morgan fingerprint density at radius 2 is 2.13 bits per heavy atom. The van der Waals surface area contributed by atoms with E-state index in [1.165, 1.54) is 5.56 Å². The van der Waals surface area contributed by atoms with Crippen LogP contribution in [0.1, 0.15) is 30.7 Å². The van der Waals surface area contributed by atoms with Crippen molar-refractivity contribution in [3.63, 3.8) is 0 Å². The molecule has 0 aliphatic heterocycles. The highest BCUT2D eigenvalue weighted by Gasteiger charge is 2.42. The molecule has 0 aromatic heterocycles. The summed E-state index contributed by atoms with van der Waals surface area (Å²) in [5.41, 5.74) is 1.38. The Labute approximate surface area is 91.4 Å². The van der Waals surface area contributed by atoms with Gasteiger partial charge in [-0.2, -0.15) is 0 Å². The highest BCUT2D eigenvalue weighted by molar-refractivity contribution is 5.26. The summed E-state index contributed by atoms with van der Waals surface area (Å²) >= 11 is 0. The van der Waals surface area contributed by atoms with Crippen molar-refractivity contribution in [1.29, 1.82) is 0 Å². The fourth-order valence-electron chi connectivity index (χ4n) is 2.23. The fraction of sp³-hybridized carbons (Fsp3) is 0.429. The van der Waals surface area contributed by atoms with Gasteiger partial charge in [0, 0.05) is 0 Å². The lowest BCUT2D eigenvalue weighted by molar-refractivity contribution is 0.140. The van der Waals surface area contributed by atoms with Gasteiger partial charge in [0.05, 0.1) is 6.10 Å². The van der Waals surface area contributed by atoms with Crippen LogP contribution in [0.25, 0.3) is 0 Å². The van der Waals surface area contributed by atoms with Gasteiger partial charge in [0.1, 0.15) is 0 Å². The molecule has 1 aromatic rings. The Morgan fingerprint density at radius 3 is 2.80 bits per heavy atom. The summed E-state index contributed by atoms with van der Waals surface area (Å²) in [6, 6.07) is 10.5. The van der Waals surface area contributed by atoms with Gasteiger partial charge in [-0.1, -0.05) is 36.4 Å². The van der Waals surface area contributed by atoms with Crippen LogP contribution in [0.5, 0.6) is 0 Å². The SMILES string of the molecule is C=CCCC(O)C1CC1c1ccccc1. The van der Waals surface area contributed by atoms with E-state index in [9.17, 15) is 5.11 Å². The molecule has 1 N–H and O–H groups in total. The average molecular weight is 202 g/mol. The molecule has 15 heavy (non-hydrogen) atoms. The Hall–Kier alpha value is -1.08. The number of aliphatic hydroxyl groups excluding tert-OH is 1. The molecule has 1 fully saturated rings. The Kier molecular flexibility index (Phi) is 3.22. The second-order valence-electron chi connectivity index (χ2n) is 4.35. The monoisotopic (exact) mass is 202 g/mol. The zero-order valence-electron chi connectivity index (χ0n) is 8.97. The van der Waals surface area contributed by atoms with Crippen LogP contribution in [0.2, 0.25) is 0 Å². The molecule has 1 nitrogen and oxygen atoms in total. The van der Waals surface area contributed by atoms with Crippen LogP contribution in [-0.4, -0.2) is 11.2 Å². The zero-order valence-corrected chi connectivity index (χ0v) is 8.97. The molecule has 3 unspecified atom stereocenters. The minimum Gasteiger partial charge on any atom is -0.393 e. The van der Waals surface area contributed by atoms with Crippen LogP contribution < -0.4 is 0 Å². The van der Waals surface area contributed by atoms with Gasteiger partial charge in [-0.05, 0) is 36.7 Å². The third kappa shape index (κ3) is 2.48. The van der Waals surface area contributed by atoms with Gasteiger partial charge in [0.25, 0.3) is 0 Å². The summed E-state index contributed by atoms with van der Waals surface area (Å²) < 4.78 is 0. The first-order chi connectivity index (χ1) is 7.33. The van der Waals surface area contributed by atoms with Crippen molar-refractivity contribution >= 4 is 0 Å². The Morgan fingerprint density at radius 1 is 1.40 bits per heavy atom. The largest absolute Gasteiger partial charge is 0.393 e. The molecule has 1 saturated carbocycles. The molecule has 0 heterocycles. The van der Waals surface area contributed by atoms with Crippen LogP contribution in [-0.2, 0) is 0 Å². The lowest BCUT2D eigenvalue weighted by Gasteiger charge is -2.08. The van der Waals surface area contributed by atoms with E-state index >= 15 is 0 Å². The van der Waals surface area contributed by atoms with Gasteiger partial charge in [-0.15, -0.1) is 6.58 Å². The Bertz CT molecular complexity index is 317. The van der Waals surface area contributed by atoms with E-state index in [1.807, 2.05) is 12.1 Å². The minimum atomic E-state index is -0.145. The normalized spacial score (nSPS) is 25.9. The summed E-state index contributed by atoms with van der Waals surface area (Å²) in [5.74, 6) is 1.07. The molecule has 1 aliphatic carbocycles. The summed E-state index contributed by atoms with van der Waals surface area (Å²) in [6.45, 7) is 3.68. The van der Waals surface area contributed by atoms with Gasteiger partial charge in [0.15, 0.2) is 0 Å². The maximum absolute atomic E-state index is 9.90. The van der Waals surface area contributed by atoms with Crippen LogP contribution in [0.4, 0.5) is 0 Å². The molecule has 0 spiro atoms. The molecular formula is C14H18O. The fourth-order valence-corrected chi connectivity index (χ4v) is 2.23. The number of rotatable bonds is 5. The summed E-state index contributed by atoms with van der Waals surface area (Å²) in [6.07, 6.45) is 4.65. The zero-order chi connectivity index (χ0) is 10.7. The van der Waals surface area contributed by atoms with Crippen molar-refractivity contribution in [2.45, 2.75) is 31.3 Å². The van der Waals surface area contributed by atoms with Crippen LogP contribution >= 0.6 is 0 Å². The number of aliphatic hydroxyl groups is 1. The maximum atomic E-state index is 9.90. The summed E-state index contributed by atoms with van der Waals surface area (Å²) in [7, 11) is 0. The van der Waals surface area contributed by atoms with Crippen LogP contribution in [0.15, 0.2) is 43.0 Å². The van der Waals surface area contributed by atoms with Crippen LogP contribution in [0, 0.1) is 5.92 Å².